The summed E-state index contributed by atoms with van der Waals surface area (Å²) in [7, 11) is 0. The van der Waals surface area contributed by atoms with Gasteiger partial charge in [-0.1, -0.05) is 0 Å². The normalized spacial score (nSPS) is 10.2. The number of nitrogen functional groups attached to an aromatic ring is 1. The summed E-state index contributed by atoms with van der Waals surface area (Å²) in [6.07, 6.45) is 3.07. The third-order valence-corrected chi connectivity index (χ3v) is 3.09. The number of aryl methyl sites for hydroxylation is 2. The monoisotopic (exact) mass is 248 g/mol. The second-order valence-electron chi connectivity index (χ2n) is 3.63. The summed E-state index contributed by atoms with van der Waals surface area (Å²) in [5, 5.41) is 3.59. The van der Waals surface area contributed by atoms with E-state index in [-0.39, 0.29) is 5.91 Å². The van der Waals surface area contributed by atoms with E-state index in [2.05, 4.69) is 15.3 Å². The standard InChI is InChI=1S/C11H12N4OS/c1-6-3-8(12)4-14-10(6)15-11(16)9-5-13-7(2)17-9/h3-5H,12H2,1-2H3,(H,14,15,16). The van der Waals surface area contributed by atoms with Crippen molar-refractivity contribution in [1.29, 1.82) is 0 Å². The van der Waals surface area contributed by atoms with Gasteiger partial charge in [-0.3, -0.25) is 4.79 Å². The number of pyridine rings is 1. The summed E-state index contributed by atoms with van der Waals surface area (Å²) in [6, 6.07) is 1.76. The lowest BCUT2D eigenvalue weighted by atomic mass is 10.2. The maximum atomic E-state index is 11.9. The Morgan fingerprint density at radius 3 is 2.71 bits per heavy atom. The smallest absolute Gasteiger partial charge is 0.268 e. The molecule has 5 nitrogen and oxygen atoms in total. The second kappa shape index (κ2) is 4.50. The Morgan fingerprint density at radius 2 is 2.12 bits per heavy atom. The van der Waals surface area contributed by atoms with Crippen LogP contribution in [0.5, 0.6) is 0 Å². The molecule has 88 valence electrons. The first kappa shape index (κ1) is 11.5. The number of nitrogens with two attached hydrogens (primary N) is 1. The van der Waals surface area contributed by atoms with E-state index in [4.69, 9.17) is 5.73 Å². The first-order valence-corrected chi connectivity index (χ1v) is 5.84. The van der Waals surface area contributed by atoms with Gasteiger partial charge in [-0.2, -0.15) is 0 Å². The van der Waals surface area contributed by atoms with Crippen LogP contribution in [0.15, 0.2) is 18.5 Å². The third-order valence-electron chi connectivity index (χ3n) is 2.18. The number of nitrogens with zero attached hydrogens (tertiary/aromatic N) is 2. The third kappa shape index (κ3) is 2.59. The molecule has 0 bridgehead atoms. The molecule has 0 fully saturated rings. The van der Waals surface area contributed by atoms with E-state index in [1.807, 2.05) is 13.8 Å². The number of hydrogen-bond acceptors (Lipinski definition) is 5. The van der Waals surface area contributed by atoms with Gasteiger partial charge in [0, 0.05) is 0 Å². The average Bonchev–Trinajstić information content (AvgIpc) is 2.69. The fourth-order valence-corrected chi connectivity index (χ4v) is 2.04. The van der Waals surface area contributed by atoms with Crippen LogP contribution < -0.4 is 11.1 Å². The number of carbonyl (C=O) groups excluding carboxylic acids is 1. The molecular formula is C11H12N4OS. The summed E-state index contributed by atoms with van der Waals surface area (Å²) >= 11 is 1.35. The molecule has 2 aromatic rings. The highest BCUT2D eigenvalue weighted by atomic mass is 32.1. The number of aromatic nitrogens is 2. The predicted octanol–water partition coefficient (Wildman–Crippen LogP) is 1.99. The van der Waals surface area contributed by atoms with E-state index in [0.29, 0.717) is 16.4 Å². The zero-order chi connectivity index (χ0) is 12.4. The second-order valence-corrected chi connectivity index (χ2v) is 4.87. The van der Waals surface area contributed by atoms with Gasteiger partial charge in [-0.25, -0.2) is 9.97 Å². The summed E-state index contributed by atoms with van der Waals surface area (Å²) in [5.74, 6) is 0.325. The molecule has 0 unspecified atom stereocenters. The Kier molecular flexibility index (Phi) is 3.06. The molecule has 0 aliphatic carbocycles. The molecule has 2 rings (SSSR count). The summed E-state index contributed by atoms with van der Waals surface area (Å²) in [6.45, 7) is 3.70. The highest BCUT2D eigenvalue weighted by Gasteiger charge is 2.11. The Hall–Kier alpha value is -1.95. The molecule has 0 spiro atoms. The van der Waals surface area contributed by atoms with Crippen LogP contribution in [0.1, 0.15) is 20.2 Å². The van der Waals surface area contributed by atoms with Crippen LogP contribution in [-0.4, -0.2) is 15.9 Å². The van der Waals surface area contributed by atoms with Crippen molar-refractivity contribution in [3.63, 3.8) is 0 Å². The molecule has 1 amide bonds. The van der Waals surface area contributed by atoms with Crippen LogP contribution in [0.25, 0.3) is 0 Å². The molecule has 0 atom stereocenters. The maximum absolute atomic E-state index is 11.9. The minimum Gasteiger partial charge on any atom is -0.397 e. The van der Waals surface area contributed by atoms with Gasteiger partial charge in [0.15, 0.2) is 0 Å². The number of thiazole rings is 1. The van der Waals surface area contributed by atoms with Crippen molar-refractivity contribution >= 4 is 28.7 Å². The quantitative estimate of drug-likeness (QED) is 0.851. The van der Waals surface area contributed by atoms with Gasteiger partial charge in [0.1, 0.15) is 10.7 Å². The van der Waals surface area contributed by atoms with Crippen LogP contribution in [0.2, 0.25) is 0 Å². The Bertz CT molecular complexity index is 564. The first-order valence-electron chi connectivity index (χ1n) is 5.02. The van der Waals surface area contributed by atoms with Crippen LogP contribution in [0, 0.1) is 13.8 Å². The van der Waals surface area contributed by atoms with Crippen molar-refractivity contribution in [2.45, 2.75) is 13.8 Å². The lowest BCUT2D eigenvalue weighted by Crippen LogP contribution is -2.12. The number of rotatable bonds is 2. The summed E-state index contributed by atoms with van der Waals surface area (Å²) < 4.78 is 0. The highest BCUT2D eigenvalue weighted by molar-refractivity contribution is 7.13. The maximum Gasteiger partial charge on any atom is 0.268 e. The Morgan fingerprint density at radius 1 is 1.35 bits per heavy atom. The Labute approximate surface area is 103 Å². The van der Waals surface area contributed by atoms with Crippen molar-refractivity contribution in [3.8, 4) is 0 Å². The topological polar surface area (TPSA) is 80.9 Å². The molecule has 6 heteroatoms. The van der Waals surface area contributed by atoms with E-state index < -0.39 is 0 Å². The fourth-order valence-electron chi connectivity index (χ4n) is 1.36. The summed E-state index contributed by atoms with van der Waals surface area (Å²) in [4.78, 5) is 20.5. The van der Waals surface area contributed by atoms with Crippen molar-refractivity contribution in [3.05, 3.63) is 33.9 Å². The van der Waals surface area contributed by atoms with Gasteiger partial charge >= 0.3 is 0 Å². The number of hydrogen-bond donors (Lipinski definition) is 2. The molecule has 3 N–H and O–H groups in total. The zero-order valence-electron chi connectivity index (χ0n) is 9.52. The van der Waals surface area contributed by atoms with E-state index in [1.165, 1.54) is 17.5 Å². The van der Waals surface area contributed by atoms with Crippen molar-refractivity contribution < 1.29 is 4.79 Å². The minimum atomic E-state index is -0.198. The number of amides is 1. The molecule has 0 aliphatic rings. The largest absolute Gasteiger partial charge is 0.397 e. The molecule has 0 radical (unpaired) electrons. The number of anilines is 2. The highest BCUT2D eigenvalue weighted by Crippen LogP contribution is 2.17. The molecule has 17 heavy (non-hydrogen) atoms. The molecular weight excluding hydrogens is 236 g/mol. The van der Waals surface area contributed by atoms with Gasteiger partial charge in [0.2, 0.25) is 0 Å². The van der Waals surface area contributed by atoms with Crippen LogP contribution in [0.4, 0.5) is 11.5 Å². The van der Waals surface area contributed by atoms with Crippen molar-refractivity contribution in [2.24, 2.45) is 0 Å². The van der Waals surface area contributed by atoms with Crippen molar-refractivity contribution in [1.82, 2.24) is 9.97 Å². The van der Waals surface area contributed by atoms with E-state index in [9.17, 15) is 4.79 Å². The lowest BCUT2D eigenvalue weighted by molar-refractivity contribution is 0.103. The predicted molar refractivity (Wildman–Crippen MR) is 68.2 cm³/mol. The van der Waals surface area contributed by atoms with Crippen LogP contribution >= 0.6 is 11.3 Å². The van der Waals surface area contributed by atoms with Crippen LogP contribution in [0.3, 0.4) is 0 Å². The SMILES string of the molecule is Cc1ncc(C(=O)Nc2ncc(N)cc2C)s1. The molecule has 0 aliphatic heterocycles. The lowest BCUT2D eigenvalue weighted by Gasteiger charge is -2.06. The van der Waals surface area contributed by atoms with Gasteiger partial charge in [0.25, 0.3) is 5.91 Å². The van der Waals surface area contributed by atoms with Gasteiger partial charge < -0.3 is 11.1 Å². The van der Waals surface area contributed by atoms with Gasteiger partial charge in [-0.15, -0.1) is 11.3 Å². The molecule has 0 aromatic carbocycles. The van der Waals surface area contributed by atoms with Gasteiger partial charge in [-0.05, 0) is 25.5 Å². The van der Waals surface area contributed by atoms with E-state index >= 15 is 0 Å². The first-order chi connectivity index (χ1) is 8.06. The van der Waals surface area contributed by atoms with E-state index in [1.54, 1.807) is 12.3 Å². The summed E-state index contributed by atoms with van der Waals surface area (Å²) in [5.41, 5.74) is 7.00. The Balaban J connectivity index is 2.18. The fraction of sp³-hybridized carbons (Fsp3) is 0.182. The molecule has 2 heterocycles. The molecule has 0 saturated heterocycles. The van der Waals surface area contributed by atoms with E-state index in [0.717, 1.165) is 10.6 Å². The zero-order valence-corrected chi connectivity index (χ0v) is 10.3. The molecule has 0 saturated carbocycles. The van der Waals surface area contributed by atoms with Gasteiger partial charge in [0.05, 0.1) is 23.1 Å². The molecule has 2 aromatic heterocycles. The number of nitrogens with one attached hydrogen (secondary N) is 1. The minimum absolute atomic E-state index is 0.198. The van der Waals surface area contributed by atoms with Crippen LogP contribution in [-0.2, 0) is 0 Å². The average molecular weight is 248 g/mol. The number of carbonyl (C=O) groups is 1. The van der Waals surface area contributed by atoms with Crippen molar-refractivity contribution in [2.75, 3.05) is 11.1 Å².